The Bertz CT molecular complexity index is 894. The van der Waals surface area contributed by atoms with Crippen molar-refractivity contribution in [2.45, 2.75) is 13.0 Å². The van der Waals surface area contributed by atoms with Crippen molar-refractivity contribution in [1.29, 1.82) is 0 Å². The topological polar surface area (TPSA) is 76.1 Å². The predicted octanol–water partition coefficient (Wildman–Crippen LogP) is 1.70. The van der Waals surface area contributed by atoms with Gasteiger partial charge in [-0.05, 0) is 36.2 Å². The lowest BCUT2D eigenvalue weighted by molar-refractivity contribution is -0.121. The number of benzene rings is 2. The molecule has 0 atom stereocenters. The molecule has 124 valence electrons. The van der Waals surface area contributed by atoms with Crippen LogP contribution in [0, 0.1) is 0 Å². The molecule has 0 aliphatic rings. The molecule has 6 heteroatoms. The molecule has 0 saturated carbocycles. The Balaban J connectivity index is 1.57. The second-order valence-electron chi connectivity index (χ2n) is 5.48. The van der Waals surface area contributed by atoms with Gasteiger partial charge in [0.25, 0.3) is 0 Å². The first-order chi connectivity index (χ1) is 11.7. The van der Waals surface area contributed by atoms with Gasteiger partial charge in [-0.15, -0.1) is 0 Å². The van der Waals surface area contributed by atoms with Crippen LogP contribution in [-0.4, -0.2) is 29.1 Å². The van der Waals surface area contributed by atoms with Crippen molar-refractivity contribution in [3.8, 4) is 5.75 Å². The van der Waals surface area contributed by atoms with Crippen molar-refractivity contribution < 1.29 is 9.53 Å². The third-order valence-electron chi connectivity index (χ3n) is 3.88. The summed E-state index contributed by atoms with van der Waals surface area (Å²) in [6.07, 6.45) is 0.721. The summed E-state index contributed by atoms with van der Waals surface area (Å²) in [6, 6.07) is 15.0. The zero-order valence-corrected chi connectivity index (χ0v) is 13.4. The Hall–Kier alpha value is -3.02. The lowest BCUT2D eigenvalue weighted by atomic mass is 10.1. The van der Waals surface area contributed by atoms with E-state index in [9.17, 15) is 9.59 Å². The number of imidazole rings is 1. The van der Waals surface area contributed by atoms with E-state index in [4.69, 9.17) is 4.74 Å². The molecule has 0 fully saturated rings. The number of aromatic nitrogens is 2. The Morgan fingerprint density at radius 2 is 1.92 bits per heavy atom. The molecule has 1 aromatic heterocycles. The monoisotopic (exact) mass is 325 g/mol. The molecule has 2 aromatic carbocycles. The number of fused-ring (bicyclic) bond motifs is 1. The number of carbonyl (C=O) groups is 1. The van der Waals surface area contributed by atoms with Crippen LogP contribution in [0.3, 0.4) is 0 Å². The molecule has 0 aliphatic heterocycles. The number of amides is 1. The first-order valence-corrected chi connectivity index (χ1v) is 7.74. The van der Waals surface area contributed by atoms with E-state index in [0.29, 0.717) is 6.54 Å². The summed E-state index contributed by atoms with van der Waals surface area (Å²) in [5, 5.41) is 2.85. The van der Waals surface area contributed by atoms with Crippen molar-refractivity contribution in [1.82, 2.24) is 14.9 Å². The Morgan fingerprint density at radius 3 is 2.67 bits per heavy atom. The third-order valence-corrected chi connectivity index (χ3v) is 3.88. The summed E-state index contributed by atoms with van der Waals surface area (Å²) in [5.41, 5.74) is 2.29. The number of carbonyl (C=O) groups excluding carboxylic acids is 1. The van der Waals surface area contributed by atoms with Crippen molar-refractivity contribution >= 4 is 16.9 Å². The first-order valence-electron chi connectivity index (χ1n) is 7.74. The maximum absolute atomic E-state index is 12.1. The van der Waals surface area contributed by atoms with Crippen molar-refractivity contribution in [2.24, 2.45) is 0 Å². The summed E-state index contributed by atoms with van der Waals surface area (Å²) < 4.78 is 6.55. The zero-order chi connectivity index (χ0) is 16.9. The van der Waals surface area contributed by atoms with Crippen LogP contribution < -0.4 is 15.7 Å². The molecular formula is C18H19N3O3. The van der Waals surface area contributed by atoms with Crippen LogP contribution in [0.15, 0.2) is 53.3 Å². The van der Waals surface area contributed by atoms with Crippen LogP contribution >= 0.6 is 0 Å². The van der Waals surface area contributed by atoms with Gasteiger partial charge in [0.15, 0.2) is 0 Å². The van der Waals surface area contributed by atoms with Gasteiger partial charge in [-0.25, -0.2) is 4.79 Å². The Kier molecular flexibility index (Phi) is 4.65. The van der Waals surface area contributed by atoms with Gasteiger partial charge in [0, 0.05) is 6.54 Å². The predicted molar refractivity (Wildman–Crippen MR) is 92.3 cm³/mol. The normalized spacial score (nSPS) is 10.7. The van der Waals surface area contributed by atoms with Gasteiger partial charge in [-0.3, -0.25) is 9.36 Å². The Labute approximate surface area is 139 Å². The van der Waals surface area contributed by atoms with E-state index in [2.05, 4.69) is 10.3 Å². The standard InChI is InChI=1S/C18H19N3O3/c1-24-14-8-6-13(7-9-14)10-11-19-17(22)12-21-16-5-3-2-4-15(16)20-18(21)23/h2-9H,10-12H2,1H3,(H,19,22)(H,20,23). The molecular weight excluding hydrogens is 306 g/mol. The van der Waals surface area contributed by atoms with Gasteiger partial charge in [-0.1, -0.05) is 24.3 Å². The number of H-pyrrole nitrogens is 1. The van der Waals surface area contributed by atoms with Crippen LogP contribution in [0.4, 0.5) is 0 Å². The van der Waals surface area contributed by atoms with Crippen LogP contribution in [-0.2, 0) is 17.8 Å². The fourth-order valence-electron chi connectivity index (χ4n) is 2.60. The zero-order valence-electron chi connectivity index (χ0n) is 13.4. The molecule has 24 heavy (non-hydrogen) atoms. The molecule has 0 unspecified atom stereocenters. The molecule has 1 amide bonds. The number of nitrogens with zero attached hydrogens (tertiary/aromatic N) is 1. The van der Waals surface area contributed by atoms with E-state index in [1.54, 1.807) is 7.11 Å². The van der Waals surface area contributed by atoms with Crippen molar-refractivity contribution in [2.75, 3.05) is 13.7 Å². The van der Waals surface area contributed by atoms with Crippen LogP contribution in [0.25, 0.3) is 11.0 Å². The number of aromatic amines is 1. The summed E-state index contributed by atoms with van der Waals surface area (Å²) >= 11 is 0. The number of methoxy groups -OCH3 is 1. The van der Waals surface area contributed by atoms with Crippen LogP contribution in [0.2, 0.25) is 0 Å². The van der Waals surface area contributed by atoms with Gasteiger partial charge in [0.05, 0.1) is 18.1 Å². The van der Waals surface area contributed by atoms with Crippen LogP contribution in [0.1, 0.15) is 5.56 Å². The lowest BCUT2D eigenvalue weighted by Crippen LogP contribution is -2.32. The molecule has 0 aliphatic carbocycles. The van der Waals surface area contributed by atoms with E-state index >= 15 is 0 Å². The SMILES string of the molecule is COc1ccc(CCNC(=O)Cn2c(=O)[nH]c3ccccc32)cc1. The maximum Gasteiger partial charge on any atom is 0.326 e. The van der Waals surface area contributed by atoms with Gasteiger partial charge >= 0.3 is 5.69 Å². The minimum absolute atomic E-state index is 0.00542. The highest BCUT2D eigenvalue weighted by Crippen LogP contribution is 2.11. The summed E-state index contributed by atoms with van der Waals surface area (Å²) in [5.74, 6) is 0.622. The minimum atomic E-state index is -0.276. The number of hydrogen-bond donors (Lipinski definition) is 2. The number of rotatable bonds is 6. The highest BCUT2D eigenvalue weighted by molar-refractivity contribution is 5.80. The fraction of sp³-hybridized carbons (Fsp3) is 0.222. The average molecular weight is 325 g/mol. The molecule has 1 heterocycles. The summed E-state index contributed by atoms with van der Waals surface area (Å²) in [6.45, 7) is 0.522. The molecule has 2 N–H and O–H groups in total. The molecule has 6 nitrogen and oxygen atoms in total. The summed E-state index contributed by atoms with van der Waals surface area (Å²) in [7, 11) is 1.63. The highest BCUT2D eigenvalue weighted by atomic mass is 16.5. The molecule has 0 radical (unpaired) electrons. The largest absolute Gasteiger partial charge is 0.497 e. The van der Waals surface area contributed by atoms with Gasteiger partial charge in [0.1, 0.15) is 12.3 Å². The van der Waals surface area contributed by atoms with E-state index in [-0.39, 0.29) is 18.1 Å². The minimum Gasteiger partial charge on any atom is -0.497 e. The van der Waals surface area contributed by atoms with E-state index in [1.165, 1.54) is 4.57 Å². The maximum atomic E-state index is 12.1. The van der Waals surface area contributed by atoms with Crippen molar-refractivity contribution in [3.05, 3.63) is 64.6 Å². The van der Waals surface area contributed by atoms with E-state index in [0.717, 1.165) is 28.8 Å². The molecule has 3 aromatic rings. The molecule has 0 bridgehead atoms. The van der Waals surface area contributed by atoms with Crippen LogP contribution in [0.5, 0.6) is 5.75 Å². The number of ether oxygens (including phenoxy) is 1. The second-order valence-corrected chi connectivity index (χ2v) is 5.48. The Morgan fingerprint density at radius 1 is 1.17 bits per heavy atom. The highest BCUT2D eigenvalue weighted by Gasteiger charge is 2.09. The van der Waals surface area contributed by atoms with Gasteiger partial charge < -0.3 is 15.0 Å². The van der Waals surface area contributed by atoms with Crippen molar-refractivity contribution in [3.63, 3.8) is 0 Å². The quantitative estimate of drug-likeness (QED) is 0.724. The summed E-state index contributed by atoms with van der Waals surface area (Å²) in [4.78, 5) is 26.8. The lowest BCUT2D eigenvalue weighted by Gasteiger charge is -2.07. The van der Waals surface area contributed by atoms with E-state index in [1.807, 2.05) is 48.5 Å². The second kappa shape index (κ2) is 7.04. The molecule has 0 saturated heterocycles. The third kappa shape index (κ3) is 3.48. The van der Waals surface area contributed by atoms with E-state index < -0.39 is 0 Å². The van der Waals surface area contributed by atoms with Gasteiger partial charge in [0.2, 0.25) is 5.91 Å². The molecule has 0 spiro atoms. The van der Waals surface area contributed by atoms with Gasteiger partial charge in [-0.2, -0.15) is 0 Å². The number of para-hydroxylation sites is 2. The smallest absolute Gasteiger partial charge is 0.326 e. The molecule has 3 rings (SSSR count). The fourth-order valence-corrected chi connectivity index (χ4v) is 2.60. The average Bonchev–Trinajstić information content (AvgIpc) is 2.91. The number of hydrogen-bond acceptors (Lipinski definition) is 3. The number of nitrogens with one attached hydrogen (secondary N) is 2. The first kappa shape index (κ1) is 15.9.